The van der Waals surface area contributed by atoms with Gasteiger partial charge in [0.15, 0.2) is 0 Å². The van der Waals surface area contributed by atoms with Crippen LogP contribution in [-0.2, 0) is 11.2 Å². The third kappa shape index (κ3) is 4.63. The molecule has 1 amide bonds. The van der Waals surface area contributed by atoms with E-state index in [9.17, 15) is 4.79 Å². The number of anilines is 1. The Hall–Kier alpha value is -2.78. The maximum Gasteiger partial charge on any atom is 0.227 e. The highest BCUT2D eigenvalue weighted by atomic mass is 35.5. The predicted octanol–water partition coefficient (Wildman–Crippen LogP) is 5.21. The van der Waals surface area contributed by atoms with Gasteiger partial charge in [-0.25, -0.2) is 0 Å². The third-order valence-corrected chi connectivity index (χ3v) is 5.80. The molecule has 29 heavy (non-hydrogen) atoms. The molecule has 0 aromatic heterocycles. The summed E-state index contributed by atoms with van der Waals surface area (Å²) in [5.41, 5.74) is 5.81. The van der Waals surface area contributed by atoms with Crippen LogP contribution in [0.15, 0.2) is 72.8 Å². The van der Waals surface area contributed by atoms with Crippen LogP contribution in [0.3, 0.4) is 0 Å². The Balaban J connectivity index is 1.35. The average molecular weight is 405 g/mol. The molecule has 4 rings (SSSR count). The summed E-state index contributed by atoms with van der Waals surface area (Å²) in [6.45, 7) is 5.25. The van der Waals surface area contributed by atoms with E-state index in [1.807, 2.05) is 41.3 Å². The summed E-state index contributed by atoms with van der Waals surface area (Å²) >= 11 is 6.16. The first-order chi connectivity index (χ1) is 14.1. The third-order valence-electron chi connectivity index (χ3n) is 5.56. The van der Waals surface area contributed by atoms with E-state index in [0.717, 1.165) is 36.8 Å². The van der Waals surface area contributed by atoms with Gasteiger partial charge in [0.1, 0.15) is 0 Å². The number of rotatable bonds is 4. The van der Waals surface area contributed by atoms with E-state index in [4.69, 9.17) is 11.6 Å². The van der Waals surface area contributed by atoms with Crippen LogP contribution in [0.2, 0.25) is 5.02 Å². The first kappa shape index (κ1) is 19.5. The lowest BCUT2D eigenvalue weighted by molar-refractivity contribution is -0.130. The molecule has 3 aromatic rings. The predicted molar refractivity (Wildman–Crippen MR) is 121 cm³/mol. The Morgan fingerprint density at radius 3 is 2.21 bits per heavy atom. The fraction of sp³-hybridized carbons (Fsp3) is 0.240. The molecule has 1 saturated heterocycles. The normalized spacial score (nSPS) is 14.1. The largest absolute Gasteiger partial charge is 0.368 e. The van der Waals surface area contributed by atoms with Gasteiger partial charge in [0.25, 0.3) is 0 Å². The first-order valence-electron chi connectivity index (χ1n) is 10.0. The second kappa shape index (κ2) is 8.71. The van der Waals surface area contributed by atoms with Crippen molar-refractivity contribution in [2.24, 2.45) is 0 Å². The van der Waals surface area contributed by atoms with Crippen molar-refractivity contribution in [1.82, 2.24) is 4.90 Å². The molecule has 1 aliphatic heterocycles. The molecule has 0 radical (unpaired) electrons. The summed E-state index contributed by atoms with van der Waals surface area (Å²) in [4.78, 5) is 17.1. The molecule has 0 atom stereocenters. The highest BCUT2D eigenvalue weighted by Gasteiger charge is 2.22. The molecule has 0 bridgehead atoms. The monoisotopic (exact) mass is 404 g/mol. The molecule has 3 nitrogen and oxygen atoms in total. The number of nitrogens with zero attached hydrogens (tertiary/aromatic N) is 2. The van der Waals surface area contributed by atoms with Crippen molar-refractivity contribution in [2.45, 2.75) is 13.3 Å². The Kier molecular flexibility index (Phi) is 5.86. The lowest BCUT2D eigenvalue weighted by Gasteiger charge is -2.37. The van der Waals surface area contributed by atoms with E-state index in [1.54, 1.807) is 0 Å². The zero-order valence-electron chi connectivity index (χ0n) is 16.6. The van der Waals surface area contributed by atoms with Crippen molar-refractivity contribution in [2.75, 3.05) is 31.1 Å². The second-order valence-electron chi connectivity index (χ2n) is 7.54. The van der Waals surface area contributed by atoms with E-state index in [2.05, 4.69) is 48.2 Å². The molecule has 0 spiro atoms. The van der Waals surface area contributed by atoms with Crippen LogP contribution in [0.5, 0.6) is 0 Å². The maximum atomic E-state index is 12.8. The van der Waals surface area contributed by atoms with Gasteiger partial charge in [-0.15, -0.1) is 0 Å². The minimum atomic E-state index is 0.194. The van der Waals surface area contributed by atoms with Crippen molar-refractivity contribution in [3.63, 3.8) is 0 Å². The number of benzene rings is 3. The fourth-order valence-electron chi connectivity index (χ4n) is 3.85. The van der Waals surface area contributed by atoms with Gasteiger partial charge >= 0.3 is 0 Å². The molecule has 3 aromatic carbocycles. The van der Waals surface area contributed by atoms with Crippen molar-refractivity contribution in [1.29, 1.82) is 0 Å². The highest BCUT2D eigenvalue weighted by molar-refractivity contribution is 6.30. The van der Waals surface area contributed by atoms with Gasteiger partial charge in [0.05, 0.1) is 6.42 Å². The summed E-state index contributed by atoms with van der Waals surface area (Å²) < 4.78 is 0. The number of piperazine rings is 1. The molecule has 4 heteroatoms. The van der Waals surface area contributed by atoms with E-state index in [-0.39, 0.29) is 5.91 Å². The van der Waals surface area contributed by atoms with Crippen LogP contribution in [0.1, 0.15) is 11.1 Å². The van der Waals surface area contributed by atoms with Crippen LogP contribution in [0.25, 0.3) is 11.1 Å². The van der Waals surface area contributed by atoms with Crippen molar-refractivity contribution < 1.29 is 4.79 Å². The maximum absolute atomic E-state index is 12.8. The van der Waals surface area contributed by atoms with Crippen LogP contribution in [-0.4, -0.2) is 37.0 Å². The van der Waals surface area contributed by atoms with Gasteiger partial charge in [-0.1, -0.05) is 72.3 Å². The Morgan fingerprint density at radius 1 is 0.862 bits per heavy atom. The zero-order valence-corrected chi connectivity index (χ0v) is 17.4. The summed E-state index contributed by atoms with van der Waals surface area (Å²) in [5.74, 6) is 0.194. The Bertz CT molecular complexity index is 977. The van der Waals surface area contributed by atoms with E-state index in [0.29, 0.717) is 6.42 Å². The summed E-state index contributed by atoms with van der Waals surface area (Å²) in [6, 6.07) is 24.6. The number of hydrogen-bond donors (Lipinski definition) is 0. The average Bonchev–Trinajstić information content (AvgIpc) is 2.77. The van der Waals surface area contributed by atoms with Gasteiger partial charge < -0.3 is 9.80 Å². The zero-order chi connectivity index (χ0) is 20.2. The van der Waals surface area contributed by atoms with Crippen LogP contribution in [0, 0.1) is 6.92 Å². The molecular weight excluding hydrogens is 380 g/mol. The number of hydrogen-bond acceptors (Lipinski definition) is 2. The second-order valence-corrected chi connectivity index (χ2v) is 7.97. The Morgan fingerprint density at radius 2 is 1.52 bits per heavy atom. The standard InChI is InChI=1S/C25H25ClN2O/c1-19-7-12-23(26)18-24(19)27-13-15-28(16-14-27)25(29)17-20-8-10-22(11-9-20)21-5-3-2-4-6-21/h2-12,18H,13-17H2,1H3. The van der Waals surface area contributed by atoms with Crippen LogP contribution >= 0.6 is 11.6 Å². The smallest absolute Gasteiger partial charge is 0.227 e. The molecule has 148 valence electrons. The van der Waals surface area contributed by atoms with Crippen LogP contribution < -0.4 is 4.90 Å². The van der Waals surface area contributed by atoms with Gasteiger partial charge in [-0.05, 0) is 41.3 Å². The summed E-state index contributed by atoms with van der Waals surface area (Å²) in [6.07, 6.45) is 0.450. The van der Waals surface area contributed by atoms with Crippen molar-refractivity contribution in [3.05, 3.63) is 88.9 Å². The van der Waals surface area contributed by atoms with Crippen molar-refractivity contribution in [3.8, 4) is 11.1 Å². The quantitative estimate of drug-likeness (QED) is 0.596. The molecule has 0 N–H and O–H groups in total. The summed E-state index contributed by atoms with van der Waals surface area (Å²) in [5, 5.41) is 0.753. The number of halogens is 1. The molecule has 0 unspecified atom stereocenters. The molecule has 1 heterocycles. The van der Waals surface area contributed by atoms with Gasteiger partial charge in [-0.2, -0.15) is 0 Å². The van der Waals surface area contributed by atoms with E-state index >= 15 is 0 Å². The highest BCUT2D eigenvalue weighted by Crippen LogP contribution is 2.25. The Labute approximate surface area is 177 Å². The fourth-order valence-corrected chi connectivity index (χ4v) is 4.02. The molecular formula is C25H25ClN2O. The molecule has 0 aliphatic carbocycles. The minimum absolute atomic E-state index is 0.194. The lowest BCUT2D eigenvalue weighted by Crippen LogP contribution is -2.49. The van der Waals surface area contributed by atoms with Crippen molar-refractivity contribution >= 4 is 23.2 Å². The van der Waals surface area contributed by atoms with Gasteiger partial charge in [0.2, 0.25) is 5.91 Å². The number of aryl methyl sites for hydroxylation is 1. The number of amides is 1. The first-order valence-corrected chi connectivity index (χ1v) is 10.4. The van der Waals surface area contributed by atoms with Crippen LogP contribution in [0.4, 0.5) is 5.69 Å². The number of carbonyl (C=O) groups is 1. The minimum Gasteiger partial charge on any atom is -0.368 e. The van der Waals surface area contributed by atoms with Gasteiger partial charge in [-0.3, -0.25) is 4.79 Å². The SMILES string of the molecule is Cc1ccc(Cl)cc1N1CCN(C(=O)Cc2ccc(-c3ccccc3)cc2)CC1. The lowest BCUT2D eigenvalue weighted by atomic mass is 10.0. The number of carbonyl (C=O) groups excluding carboxylic acids is 1. The van der Waals surface area contributed by atoms with Gasteiger partial charge in [0, 0.05) is 36.9 Å². The topological polar surface area (TPSA) is 23.6 Å². The molecule has 1 aliphatic rings. The molecule has 1 fully saturated rings. The van der Waals surface area contributed by atoms with E-state index < -0.39 is 0 Å². The summed E-state index contributed by atoms with van der Waals surface area (Å²) in [7, 11) is 0. The molecule has 0 saturated carbocycles. The van der Waals surface area contributed by atoms with E-state index in [1.165, 1.54) is 22.4 Å².